The molecule has 0 radical (unpaired) electrons. The van der Waals surface area contributed by atoms with Crippen LogP contribution in [0.15, 0.2) is 34.2 Å². The summed E-state index contributed by atoms with van der Waals surface area (Å²) in [5.74, 6) is 0.666. The van der Waals surface area contributed by atoms with Crippen LogP contribution in [0, 0.1) is 20.8 Å². The molecule has 0 spiro atoms. The maximum Gasteiger partial charge on any atom is 0.254 e. The van der Waals surface area contributed by atoms with E-state index in [9.17, 15) is 9.59 Å². The number of aryl methyl sites for hydroxylation is 2. The lowest BCUT2D eigenvalue weighted by Gasteiger charge is -2.28. The third kappa shape index (κ3) is 4.03. The summed E-state index contributed by atoms with van der Waals surface area (Å²) < 4.78 is 5.16. The summed E-state index contributed by atoms with van der Waals surface area (Å²) in [5.41, 5.74) is 5.14. The first-order chi connectivity index (χ1) is 14.4. The normalized spacial score (nSPS) is 13.2. The third-order valence-corrected chi connectivity index (χ3v) is 6.74. The van der Waals surface area contributed by atoms with Gasteiger partial charge in [-0.3, -0.25) is 9.59 Å². The molecule has 1 aliphatic heterocycles. The van der Waals surface area contributed by atoms with Crippen molar-refractivity contribution in [3.8, 4) is 0 Å². The van der Waals surface area contributed by atoms with E-state index >= 15 is 0 Å². The van der Waals surface area contributed by atoms with E-state index in [-0.39, 0.29) is 11.8 Å². The van der Waals surface area contributed by atoms with Crippen molar-refractivity contribution < 1.29 is 14.1 Å². The minimum atomic E-state index is -0.0939. The molecule has 30 heavy (non-hydrogen) atoms. The Morgan fingerprint density at radius 1 is 1.23 bits per heavy atom. The molecule has 1 N–H and O–H groups in total. The van der Waals surface area contributed by atoms with Crippen LogP contribution in [-0.4, -0.2) is 28.4 Å². The highest BCUT2D eigenvalue weighted by molar-refractivity contribution is 7.10. The number of aromatic nitrogens is 1. The van der Waals surface area contributed by atoms with E-state index in [1.807, 2.05) is 43.9 Å². The van der Waals surface area contributed by atoms with Crippen LogP contribution < -0.4 is 5.32 Å². The van der Waals surface area contributed by atoms with Gasteiger partial charge in [0.15, 0.2) is 0 Å². The second kappa shape index (κ2) is 8.44. The zero-order chi connectivity index (χ0) is 21.3. The number of benzene rings is 1. The average molecular weight is 424 g/mol. The Balaban J connectivity index is 1.44. The summed E-state index contributed by atoms with van der Waals surface area (Å²) in [6.45, 7) is 6.98. The lowest BCUT2D eigenvalue weighted by molar-refractivity contribution is -0.116. The predicted molar refractivity (Wildman–Crippen MR) is 117 cm³/mol. The topological polar surface area (TPSA) is 75.4 Å². The van der Waals surface area contributed by atoms with Gasteiger partial charge >= 0.3 is 0 Å². The van der Waals surface area contributed by atoms with Gasteiger partial charge in [0.1, 0.15) is 5.76 Å². The molecule has 7 heteroatoms. The number of thiophene rings is 1. The number of amides is 2. The van der Waals surface area contributed by atoms with Gasteiger partial charge in [0.2, 0.25) is 5.91 Å². The zero-order valence-corrected chi connectivity index (χ0v) is 18.3. The molecule has 1 aromatic carbocycles. The molecule has 2 amide bonds. The number of nitrogens with one attached hydrogen (secondary N) is 1. The van der Waals surface area contributed by atoms with Crippen LogP contribution in [0.3, 0.4) is 0 Å². The second-order valence-electron chi connectivity index (χ2n) is 7.67. The molecule has 6 nitrogen and oxygen atoms in total. The number of carbonyl (C=O) groups excluding carboxylic acids is 2. The summed E-state index contributed by atoms with van der Waals surface area (Å²) in [6, 6.07) is 7.60. The third-order valence-electron chi connectivity index (χ3n) is 5.72. The van der Waals surface area contributed by atoms with Crippen LogP contribution in [0.2, 0.25) is 0 Å². The number of carbonyl (C=O) groups is 2. The molecule has 0 aliphatic carbocycles. The summed E-state index contributed by atoms with van der Waals surface area (Å²) in [6.07, 6.45) is 1.80. The fraction of sp³-hybridized carbons (Fsp3) is 0.348. The van der Waals surface area contributed by atoms with Crippen LogP contribution in [0.1, 0.15) is 49.8 Å². The van der Waals surface area contributed by atoms with Crippen molar-refractivity contribution in [1.29, 1.82) is 0 Å². The molecule has 156 valence electrons. The van der Waals surface area contributed by atoms with Crippen molar-refractivity contribution in [2.45, 2.75) is 46.6 Å². The Morgan fingerprint density at radius 3 is 2.83 bits per heavy atom. The second-order valence-corrected chi connectivity index (χ2v) is 8.68. The molecule has 4 rings (SSSR count). The Morgan fingerprint density at radius 2 is 2.07 bits per heavy atom. The van der Waals surface area contributed by atoms with E-state index in [0.29, 0.717) is 30.6 Å². The molecular weight excluding hydrogens is 398 g/mol. The summed E-state index contributed by atoms with van der Waals surface area (Å²) in [7, 11) is 0. The fourth-order valence-corrected chi connectivity index (χ4v) is 4.79. The Kier molecular flexibility index (Phi) is 5.72. The van der Waals surface area contributed by atoms with Gasteiger partial charge in [0, 0.05) is 41.2 Å². The number of anilines is 1. The van der Waals surface area contributed by atoms with Crippen LogP contribution in [0.4, 0.5) is 5.69 Å². The number of nitrogens with zero attached hydrogens (tertiary/aromatic N) is 2. The summed E-state index contributed by atoms with van der Waals surface area (Å²) in [5, 5.41) is 8.98. The monoisotopic (exact) mass is 423 g/mol. The number of hydrogen-bond donors (Lipinski definition) is 1. The van der Waals surface area contributed by atoms with Crippen molar-refractivity contribution in [3.63, 3.8) is 0 Å². The molecule has 0 atom stereocenters. The highest BCUT2D eigenvalue weighted by Crippen LogP contribution is 2.27. The molecule has 3 heterocycles. The minimum Gasteiger partial charge on any atom is -0.361 e. The van der Waals surface area contributed by atoms with Gasteiger partial charge < -0.3 is 14.7 Å². The van der Waals surface area contributed by atoms with Crippen molar-refractivity contribution >= 4 is 28.8 Å². The van der Waals surface area contributed by atoms with Gasteiger partial charge in [-0.25, -0.2) is 0 Å². The van der Waals surface area contributed by atoms with Crippen molar-refractivity contribution in [1.82, 2.24) is 10.1 Å². The predicted octanol–water partition coefficient (Wildman–Crippen LogP) is 4.43. The van der Waals surface area contributed by atoms with E-state index in [1.54, 1.807) is 11.3 Å². The van der Waals surface area contributed by atoms with Gasteiger partial charge in [-0.2, -0.15) is 0 Å². The zero-order valence-electron chi connectivity index (χ0n) is 17.4. The van der Waals surface area contributed by atoms with E-state index < -0.39 is 0 Å². The van der Waals surface area contributed by atoms with E-state index in [4.69, 9.17) is 4.52 Å². The highest BCUT2D eigenvalue weighted by Gasteiger charge is 2.24. The van der Waals surface area contributed by atoms with Gasteiger partial charge in [0.05, 0.1) is 5.69 Å². The Labute approximate surface area is 179 Å². The van der Waals surface area contributed by atoms with E-state index in [0.717, 1.165) is 35.5 Å². The summed E-state index contributed by atoms with van der Waals surface area (Å²) >= 11 is 1.76. The van der Waals surface area contributed by atoms with Crippen molar-refractivity contribution in [2.24, 2.45) is 0 Å². The number of rotatable bonds is 5. The molecule has 0 fully saturated rings. The molecule has 0 saturated carbocycles. The molecule has 0 unspecified atom stereocenters. The maximum atomic E-state index is 13.1. The van der Waals surface area contributed by atoms with Crippen molar-refractivity contribution in [2.75, 3.05) is 11.9 Å². The number of hydrogen-bond acceptors (Lipinski definition) is 5. The molecule has 2 aromatic heterocycles. The quantitative estimate of drug-likeness (QED) is 0.659. The Bertz CT molecular complexity index is 1080. The first-order valence-corrected chi connectivity index (χ1v) is 11.0. The molecule has 1 aliphatic rings. The standard InChI is InChI=1S/C23H25N3O3S/c1-14-18(23(28)26-11-9-21-17(13-26)10-12-30-21)5-4-6-20(14)24-22(27)8-7-19-15(2)25-29-16(19)3/h4-6,10,12H,7-9,11,13H2,1-3H3,(H,24,27). The van der Waals surface area contributed by atoms with Crippen molar-refractivity contribution in [3.05, 3.63) is 68.2 Å². The van der Waals surface area contributed by atoms with Crippen LogP contribution in [0.5, 0.6) is 0 Å². The van der Waals surface area contributed by atoms with Gasteiger partial charge in [-0.1, -0.05) is 11.2 Å². The number of fused-ring (bicyclic) bond motifs is 1. The molecule has 0 saturated heterocycles. The fourth-order valence-electron chi connectivity index (χ4n) is 3.90. The first-order valence-electron chi connectivity index (χ1n) is 10.1. The lowest BCUT2D eigenvalue weighted by atomic mass is 10.0. The molecule has 0 bridgehead atoms. The first kappa shape index (κ1) is 20.3. The van der Waals surface area contributed by atoms with Crippen LogP contribution >= 0.6 is 11.3 Å². The van der Waals surface area contributed by atoms with E-state index in [2.05, 4.69) is 21.9 Å². The Hall–Kier alpha value is -2.93. The van der Waals surface area contributed by atoms with Gasteiger partial charge in [0.25, 0.3) is 5.91 Å². The maximum absolute atomic E-state index is 13.1. The summed E-state index contributed by atoms with van der Waals surface area (Å²) in [4.78, 5) is 28.9. The molecule has 3 aromatic rings. The average Bonchev–Trinajstić information content (AvgIpc) is 3.33. The minimum absolute atomic E-state index is 0.0103. The van der Waals surface area contributed by atoms with Gasteiger partial charge in [-0.05, 0) is 68.3 Å². The van der Waals surface area contributed by atoms with Crippen LogP contribution in [0.25, 0.3) is 0 Å². The molecular formula is C23H25N3O3S. The van der Waals surface area contributed by atoms with E-state index in [1.165, 1.54) is 10.4 Å². The smallest absolute Gasteiger partial charge is 0.254 e. The highest BCUT2D eigenvalue weighted by atomic mass is 32.1. The lowest BCUT2D eigenvalue weighted by Crippen LogP contribution is -2.35. The largest absolute Gasteiger partial charge is 0.361 e. The van der Waals surface area contributed by atoms with Gasteiger partial charge in [-0.15, -0.1) is 11.3 Å². The SMILES string of the molecule is Cc1noc(C)c1CCC(=O)Nc1cccc(C(=O)N2CCc3sccc3C2)c1C. The van der Waals surface area contributed by atoms with Crippen LogP contribution in [-0.2, 0) is 24.2 Å².